The molecule has 11 heavy (non-hydrogen) atoms. The van der Waals surface area contributed by atoms with Gasteiger partial charge in [0.2, 0.25) is 0 Å². The third-order valence-corrected chi connectivity index (χ3v) is 2.09. The van der Waals surface area contributed by atoms with E-state index in [1.807, 2.05) is 0 Å². The normalized spacial score (nSPS) is 13.0. The predicted octanol–water partition coefficient (Wildman–Crippen LogP) is 3.32. The Balaban J connectivity index is 2.78. The van der Waals surface area contributed by atoms with Crippen LogP contribution in [0.3, 0.4) is 0 Å². The summed E-state index contributed by atoms with van der Waals surface area (Å²) in [5, 5.41) is 0. The number of hydrogen-bond donors (Lipinski definition) is 0. The van der Waals surface area contributed by atoms with E-state index in [-0.39, 0.29) is 0 Å². The van der Waals surface area contributed by atoms with Crippen LogP contribution in [-0.2, 0) is 6.42 Å². The van der Waals surface area contributed by atoms with E-state index in [4.69, 9.17) is 0 Å². The van der Waals surface area contributed by atoms with E-state index in [1.54, 1.807) is 0 Å². The molecule has 0 nitrogen and oxygen atoms in total. The van der Waals surface area contributed by atoms with Crippen LogP contribution in [0.5, 0.6) is 0 Å². The quantitative estimate of drug-likeness (QED) is 0.661. The summed E-state index contributed by atoms with van der Waals surface area (Å²) in [6.45, 7) is 4.33. The van der Waals surface area contributed by atoms with Gasteiger partial charge in [-0.25, -0.2) is 0 Å². The summed E-state index contributed by atoms with van der Waals surface area (Å²) in [6.07, 6.45) is 1.12. The second-order valence-corrected chi connectivity index (χ2v) is 4.47. The number of rotatable bonds is 2. The Morgan fingerprint density at radius 3 is 2.55 bits per heavy atom. The Morgan fingerprint density at radius 1 is 1.36 bits per heavy atom. The average molecular weight is 213 g/mol. The SMILES string of the molecule is Cc1ccccc1C[C@H](C)Br. The van der Waals surface area contributed by atoms with Crippen LogP contribution in [0.15, 0.2) is 24.3 Å². The van der Waals surface area contributed by atoms with Crippen LogP contribution in [0.1, 0.15) is 18.1 Å². The molecule has 0 saturated heterocycles. The fourth-order valence-corrected chi connectivity index (χ4v) is 1.49. The molecule has 0 N–H and O–H groups in total. The van der Waals surface area contributed by atoms with E-state index in [0.717, 1.165) is 6.42 Å². The number of hydrogen-bond acceptors (Lipinski definition) is 0. The minimum Gasteiger partial charge on any atom is -0.0890 e. The summed E-state index contributed by atoms with van der Waals surface area (Å²) >= 11 is 3.55. The third kappa shape index (κ3) is 2.66. The van der Waals surface area contributed by atoms with Crippen molar-refractivity contribution in [2.45, 2.75) is 25.1 Å². The molecule has 1 aromatic carbocycles. The minimum atomic E-state index is 0.573. The van der Waals surface area contributed by atoms with Crippen molar-refractivity contribution in [2.24, 2.45) is 0 Å². The van der Waals surface area contributed by atoms with Crippen LogP contribution in [0, 0.1) is 6.92 Å². The first kappa shape index (κ1) is 8.79. The van der Waals surface area contributed by atoms with Gasteiger partial charge >= 0.3 is 0 Å². The third-order valence-electron chi connectivity index (χ3n) is 1.76. The fourth-order valence-electron chi connectivity index (χ4n) is 1.14. The standard InChI is InChI=1S/C10H13Br/c1-8-5-3-4-6-10(8)7-9(2)11/h3-6,9H,7H2,1-2H3/t9-/m0/s1. The van der Waals surface area contributed by atoms with Gasteiger partial charge in [-0.1, -0.05) is 47.1 Å². The van der Waals surface area contributed by atoms with Crippen molar-refractivity contribution in [1.82, 2.24) is 0 Å². The molecule has 0 aliphatic heterocycles. The van der Waals surface area contributed by atoms with Crippen molar-refractivity contribution in [2.75, 3.05) is 0 Å². The van der Waals surface area contributed by atoms with Crippen LogP contribution < -0.4 is 0 Å². The number of alkyl halides is 1. The Bertz CT molecular complexity index is 228. The van der Waals surface area contributed by atoms with E-state index in [2.05, 4.69) is 54.0 Å². The van der Waals surface area contributed by atoms with Crippen LogP contribution in [0.2, 0.25) is 0 Å². The Labute approximate surface area is 76.8 Å². The van der Waals surface area contributed by atoms with Gasteiger partial charge < -0.3 is 0 Å². The minimum absolute atomic E-state index is 0.573. The first-order chi connectivity index (χ1) is 5.20. The van der Waals surface area contributed by atoms with Crippen molar-refractivity contribution in [3.05, 3.63) is 35.4 Å². The van der Waals surface area contributed by atoms with Gasteiger partial charge in [0.25, 0.3) is 0 Å². The topological polar surface area (TPSA) is 0 Å². The van der Waals surface area contributed by atoms with Crippen molar-refractivity contribution >= 4 is 15.9 Å². The zero-order valence-electron chi connectivity index (χ0n) is 6.97. The first-order valence-corrected chi connectivity index (χ1v) is 4.80. The Morgan fingerprint density at radius 2 is 2.00 bits per heavy atom. The molecule has 1 atom stereocenters. The highest BCUT2D eigenvalue weighted by Crippen LogP contribution is 2.12. The van der Waals surface area contributed by atoms with Gasteiger partial charge in [0.05, 0.1) is 0 Å². The van der Waals surface area contributed by atoms with Gasteiger partial charge in [-0.05, 0) is 24.5 Å². The number of halogens is 1. The molecule has 1 aromatic rings. The molecule has 0 amide bonds. The Hall–Kier alpha value is -0.300. The highest BCUT2D eigenvalue weighted by Gasteiger charge is 2.00. The fraction of sp³-hybridized carbons (Fsp3) is 0.400. The van der Waals surface area contributed by atoms with E-state index in [0.29, 0.717) is 4.83 Å². The molecule has 0 unspecified atom stereocenters. The summed E-state index contributed by atoms with van der Waals surface area (Å²) < 4.78 is 0. The molecule has 0 aliphatic rings. The summed E-state index contributed by atoms with van der Waals surface area (Å²) in [4.78, 5) is 0.573. The van der Waals surface area contributed by atoms with E-state index in [9.17, 15) is 0 Å². The molecule has 0 aliphatic carbocycles. The zero-order valence-corrected chi connectivity index (χ0v) is 8.56. The molecular weight excluding hydrogens is 200 g/mol. The summed E-state index contributed by atoms with van der Waals surface area (Å²) in [6, 6.07) is 8.52. The monoisotopic (exact) mass is 212 g/mol. The van der Waals surface area contributed by atoms with Crippen LogP contribution in [0.4, 0.5) is 0 Å². The molecule has 0 bridgehead atoms. The van der Waals surface area contributed by atoms with Crippen LogP contribution in [0.25, 0.3) is 0 Å². The lowest BCUT2D eigenvalue weighted by Crippen LogP contribution is -1.97. The van der Waals surface area contributed by atoms with Crippen molar-refractivity contribution in [3.8, 4) is 0 Å². The summed E-state index contributed by atoms with van der Waals surface area (Å²) in [7, 11) is 0. The van der Waals surface area contributed by atoms with Gasteiger partial charge in [-0.3, -0.25) is 0 Å². The lowest BCUT2D eigenvalue weighted by atomic mass is 10.1. The predicted molar refractivity (Wildman–Crippen MR) is 53.3 cm³/mol. The van der Waals surface area contributed by atoms with Gasteiger partial charge in [0, 0.05) is 4.83 Å². The van der Waals surface area contributed by atoms with Crippen molar-refractivity contribution < 1.29 is 0 Å². The van der Waals surface area contributed by atoms with Gasteiger partial charge in [-0.15, -0.1) is 0 Å². The lowest BCUT2D eigenvalue weighted by Gasteiger charge is -2.05. The second kappa shape index (κ2) is 3.91. The highest BCUT2D eigenvalue weighted by molar-refractivity contribution is 9.09. The molecule has 0 aromatic heterocycles. The van der Waals surface area contributed by atoms with Crippen molar-refractivity contribution in [3.63, 3.8) is 0 Å². The average Bonchev–Trinajstić information content (AvgIpc) is 1.93. The molecule has 0 radical (unpaired) electrons. The molecule has 1 heteroatoms. The molecule has 0 saturated carbocycles. The second-order valence-electron chi connectivity index (χ2n) is 2.91. The molecule has 1 rings (SSSR count). The zero-order chi connectivity index (χ0) is 8.27. The summed E-state index contributed by atoms with van der Waals surface area (Å²) in [5.41, 5.74) is 2.83. The van der Waals surface area contributed by atoms with E-state index < -0.39 is 0 Å². The van der Waals surface area contributed by atoms with Crippen LogP contribution >= 0.6 is 15.9 Å². The van der Waals surface area contributed by atoms with Gasteiger partial charge in [0.15, 0.2) is 0 Å². The van der Waals surface area contributed by atoms with E-state index in [1.165, 1.54) is 11.1 Å². The molecule has 60 valence electrons. The molecular formula is C10H13Br. The number of aryl methyl sites for hydroxylation is 1. The smallest absolute Gasteiger partial charge is 0.0158 e. The molecule has 0 heterocycles. The first-order valence-electron chi connectivity index (χ1n) is 3.88. The largest absolute Gasteiger partial charge is 0.0890 e. The highest BCUT2D eigenvalue weighted by atomic mass is 79.9. The van der Waals surface area contributed by atoms with Gasteiger partial charge in [-0.2, -0.15) is 0 Å². The van der Waals surface area contributed by atoms with Gasteiger partial charge in [0.1, 0.15) is 0 Å². The molecule has 0 fully saturated rings. The maximum atomic E-state index is 3.55. The molecule has 0 spiro atoms. The lowest BCUT2D eigenvalue weighted by molar-refractivity contribution is 0.949. The Kier molecular flexibility index (Phi) is 3.13. The maximum absolute atomic E-state index is 3.55. The van der Waals surface area contributed by atoms with Crippen LogP contribution in [-0.4, -0.2) is 4.83 Å². The van der Waals surface area contributed by atoms with Crippen molar-refractivity contribution in [1.29, 1.82) is 0 Å². The number of benzene rings is 1. The maximum Gasteiger partial charge on any atom is 0.0158 e. The summed E-state index contributed by atoms with van der Waals surface area (Å²) in [5.74, 6) is 0. The van der Waals surface area contributed by atoms with E-state index >= 15 is 0 Å².